The summed E-state index contributed by atoms with van der Waals surface area (Å²) < 4.78 is 134. The van der Waals surface area contributed by atoms with Crippen molar-refractivity contribution >= 4 is 59.3 Å². The average Bonchev–Trinajstić information content (AvgIpc) is 3.50. The highest BCUT2D eigenvalue weighted by Gasteiger charge is 2.43. The summed E-state index contributed by atoms with van der Waals surface area (Å²) in [6, 6.07) is 5.48. The number of carbonyl (C=O) groups is 3. The molecule has 1 aliphatic heterocycles. The molecule has 0 radical (unpaired) electrons. The maximum Gasteiger partial charge on any atom is 0.490 e. The Morgan fingerprint density at radius 1 is 1.00 bits per heavy atom. The summed E-state index contributed by atoms with van der Waals surface area (Å²) in [5.41, 5.74) is 5.42. The summed E-state index contributed by atoms with van der Waals surface area (Å²) in [6.45, 7) is 0.210. The van der Waals surface area contributed by atoms with Crippen molar-refractivity contribution in [2.45, 2.75) is 69.1 Å². The van der Waals surface area contributed by atoms with E-state index < -0.39 is 72.8 Å². The predicted octanol–water partition coefficient (Wildman–Crippen LogP) is 3.77. The summed E-state index contributed by atoms with van der Waals surface area (Å²) in [5, 5.41) is 13.0. The van der Waals surface area contributed by atoms with Gasteiger partial charge in [0.25, 0.3) is 10.1 Å². The predicted molar refractivity (Wildman–Crippen MR) is 187 cm³/mol. The number of aromatic nitrogens is 1. The number of fused-ring (bicyclic) bond motifs is 1. The Kier molecular flexibility index (Phi) is 15.8. The molecule has 0 bridgehead atoms. The number of rotatable bonds is 16. The molecule has 1 atom stereocenters. The van der Waals surface area contributed by atoms with E-state index in [1.54, 1.807) is 18.2 Å². The molecule has 0 spiro atoms. The van der Waals surface area contributed by atoms with Gasteiger partial charge in [-0.2, -0.15) is 21.6 Å². The molecule has 0 saturated carbocycles. The normalized spacial score (nSPS) is 15.7. The van der Waals surface area contributed by atoms with E-state index in [2.05, 4.69) is 10.6 Å². The van der Waals surface area contributed by atoms with Gasteiger partial charge in [-0.05, 0) is 68.4 Å². The van der Waals surface area contributed by atoms with E-state index in [1.165, 1.54) is 11.3 Å². The van der Waals surface area contributed by atoms with E-state index in [4.69, 9.17) is 29.9 Å². The number of amides is 2. The smallest absolute Gasteiger partial charge is 0.490 e. The minimum atomic E-state index is -5.08. The molecule has 3 aromatic rings. The van der Waals surface area contributed by atoms with Crippen LogP contribution in [0.1, 0.15) is 55.5 Å². The van der Waals surface area contributed by atoms with Crippen molar-refractivity contribution in [3.05, 3.63) is 58.4 Å². The topological polar surface area (TPSA) is 232 Å². The second-order valence-electron chi connectivity index (χ2n) is 12.6. The highest BCUT2D eigenvalue weighted by atomic mass is 32.2. The van der Waals surface area contributed by atoms with Crippen LogP contribution in [0.2, 0.25) is 0 Å². The van der Waals surface area contributed by atoms with Gasteiger partial charge in [0.2, 0.25) is 11.8 Å². The number of carboxylic acid groups (broad SMARTS) is 1. The molecular formula is C32H38F6N4O10S3. The number of nitrogens with two attached hydrogens (primary N) is 1. The molecule has 2 aromatic carbocycles. The Bertz CT molecular complexity index is 2050. The molecule has 0 unspecified atom stereocenters. The van der Waals surface area contributed by atoms with E-state index in [1.807, 2.05) is 0 Å². The molecule has 2 heterocycles. The number of halogens is 6. The Balaban J connectivity index is 0.00000106. The number of carboxylic acids is 1. The van der Waals surface area contributed by atoms with E-state index in [-0.39, 0.29) is 61.6 Å². The number of nitrogens with one attached hydrogen (secondary N) is 2. The van der Waals surface area contributed by atoms with Crippen LogP contribution in [0.25, 0.3) is 10.2 Å². The molecule has 1 aromatic heterocycles. The molecule has 4 rings (SSSR count). The van der Waals surface area contributed by atoms with Crippen LogP contribution >= 0.6 is 11.3 Å². The number of alkyl halides is 3. The molecule has 14 nitrogen and oxygen atoms in total. The van der Waals surface area contributed by atoms with Crippen molar-refractivity contribution in [3.63, 3.8) is 0 Å². The first-order valence-corrected chi connectivity index (χ1v) is 20.7. The summed E-state index contributed by atoms with van der Waals surface area (Å²) >= 11 is 1.29. The standard InChI is InChI=1S/C30H37F3N4O8S3.C2HF3O2/c31-22-18-24(33)23(32)15-19(22)14-20(34)16-28(39)37-30(7-11-47(40,41)12-8-30)29-36-25-6-5-21(17-26(25)46-29)45-10-3-1-2-4-27(38)35-9-13-48(42,43)44;3-2(4,5)1(6)7/h5-6,15,17-18,20H,1-4,7-14,16,34H2,(H,35,38)(H,37,39)(H,42,43,44);(H,6,7)/t20-;/m1./s1. The Labute approximate surface area is 315 Å². The Morgan fingerprint density at radius 3 is 2.25 bits per heavy atom. The Hall–Kier alpha value is -4.06. The number of aliphatic carboxylic acids is 1. The summed E-state index contributed by atoms with van der Waals surface area (Å²) in [7, 11) is -7.45. The monoisotopic (exact) mass is 848 g/mol. The zero-order chi connectivity index (χ0) is 41.2. The quantitative estimate of drug-likeness (QED) is 0.0601. The van der Waals surface area contributed by atoms with Crippen LogP contribution in [-0.2, 0) is 46.3 Å². The number of carbonyl (C=O) groups excluding carboxylic acids is 2. The molecule has 306 valence electrons. The number of hydrogen-bond acceptors (Lipinski definition) is 11. The number of ether oxygens (including phenoxy) is 1. The largest absolute Gasteiger partial charge is 0.494 e. The number of sulfone groups is 1. The summed E-state index contributed by atoms with van der Waals surface area (Å²) in [5.74, 6) is -7.45. The number of benzene rings is 2. The van der Waals surface area contributed by atoms with Crippen molar-refractivity contribution in [2.24, 2.45) is 5.73 Å². The number of nitrogens with zero attached hydrogens (tertiary/aromatic N) is 1. The van der Waals surface area contributed by atoms with Gasteiger partial charge in [0.1, 0.15) is 16.6 Å². The number of thiazole rings is 1. The molecular weight excluding hydrogens is 811 g/mol. The first-order valence-electron chi connectivity index (χ1n) is 16.4. The van der Waals surface area contributed by atoms with Crippen molar-refractivity contribution in [2.75, 3.05) is 30.4 Å². The fourth-order valence-corrected chi connectivity index (χ4v) is 8.35. The molecule has 1 fully saturated rings. The zero-order valence-corrected chi connectivity index (χ0v) is 31.3. The third kappa shape index (κ3) is 14.8. The minimum absolute atomic E-state index is 0.0792. The lowest BCUT2D eigenvalue weighted by molar-refractivity contribution is -0.192. The lowest BCUT2D eigenvalue weighted by atomic mass is 9.92. The first-order chi connectivity index (χ1) is 25.5. The van der Waals surface area contributed by atoms with Crippen molar-refractivity contribution in [1.29, 1.82) is 0 Å². The van der Waals surface area contributed by atoms with Crippen molar-refractivity contribution in [3.8, 4) is 5.75 Å². The Morgan fingerprint density at radius 2 is 1.64 bits per heavy atom. The molecule has 1 aliphatic rings. The van der Waals surface area contributed by atoms with Gasteiger partial charge < -0.3 is 26.2 Å². The number of unbranched alkanes of at least 4 members (excludes halogenated alkanes) is 2. The fraction of sp³-hybridized carbons (Fsp3) is 0.500. The second-order valence-corrected chi connectivity index (χ2v) is 17.5. The third-order valence-corrected chi connectivity index (χ3v) is 11.7. The van der Waals surface area contributed by atoms with Gasteiger partial charge in [-0.3, -0.25) is 14.1 Å². The van der Waals surface area contributed by atoms with Gasteiger partial charge >= 0.3 is 12.1 Å². The van der Waals surface area contributed by atoms with Crippen LogP contribution in [0, 0.1) is 17.5 Å². The van der Waals surface area contributed by atoms with Crippen LogP contribution in [0.15, 0.2) is 30.3 Å². The molecule has 23 heteroatoms. The van der Waals surface area contributed by atoms with Crippen molar-refractivity contribution < 1.29 is 72.0 Å². The zero-order valence-electron chi connectivity index (χ0n) is 28.8. The lowest BCUT2D eigenvalue weighted by Gasteiger charge is -2.36. The van der Waals surface area contributed by atoms with Gasteiger partial charge in [-0.1, -0.05) is 0 Å². The van der Waals surface area contributed by atoms with Gasteiger partial charge in [0.05, 0.1) is 39.6 Å². The minimum Gasteiger partial charge on any atom is -0.494 e. The maximum atomic E-state index is 14.1. The van der Waals surface area contributed by atoms with E-state index in [0.717, 1.165) is 4.70 Å². The van der Waals surface area contributed by atoms with Crippen molar-refractivity contribution in [1.82, 2.24) is 15.6 Å². The second kappa shape index (κ2) is 19.2. The molecule has 0 aliphatic carbocycles. The van der Waals surface area contributed by atoms with Crippen LogP contribution in [-0.4, -0.2) is 91.9 Å². The van der Waals surface area contributed by atoms with Gasteiger partial charge in [-0.15, -0.1) is 11.3 Å². The summed E-state index contributed by atoms with van der Waals surface area (Å²) in [6.07, 6.45) is -3.33. The van der Waals surface area contributed by atoms with Crippen LogP contribution < -0.4 is 21.1 Å². The fourth-order valence-electron chi connectivity index (χ4n) is 5.27. The van der Waals surface area contributed by atoms with E-state index in [0.29, 0.717) is 54.3 Å². The first kappa shape index (κ1) is 45.3. The van der Waals surface area contributed by atoms with Crippen LogP contribution in [0.5, 0.6) is 5.75 Å². The van der Waals surface area contributed by atoms with Gasteiger partial charge in [0.15, 0.2) is 21.5 Å². The number of hydrogen-bond donors (Lipinski definition) is 5. The third-order valence-electron chi connectivity index (χ3n) is 8.09. The molecule has 55 heavy (non-hydrogen) atoms. The molecule has 2 amide bonds. The van der Waals surface area contributed by atoms with Gasteiger partial charge in [0, 0.05) is 31.5 Å². The molecule has 6 N–H and O–H groups in total. The van der Waals surface area contributed by atoms with Crippen LogP contribution in [0.3, 0.4) is 0 Å². The van der Waals surface area contributed by atoms with Crippen LogP contribution in [0.4, 0.5) is 26.3 Å². The summed E-state index contributed by atoms with van der Waals surface area (Å²) in [4.78, 5) is 38.5. The maximum absolute atomic E-state index is 14.1. The molecule has 1 saturated heterocycles. The lowest BCUT2D eigenvalue weighted by Crippen LogP contribution is -2.51. The highest BCUT2D eigenvalue weighted by Crippen LogP contribution is 2.39. The van der Waals surface area contributed by atoms with E-state index >= 15 is 0 Å². The average molecular weight is 849 g/mol. The van der Waals surface area contributed by atoms with Gasteiger partial charge in [-0.25, -0.2) is 31.4 Å². The van der Waals surface area contributed by atoms with E-state index in [9.17, 15) is 52.8 Å². The SMILES string of the molecule is N[C@@H](CC(=O)NC1(c2nc3ccc(OCCCCCC(=O)NCCS(=O)(=O)O)cc3s2)CCS(=O)(=O)CC1)Cc1cc(F)c(F)cc1F.O=C(O)C(F)(F)F. The highest BCUT2D eigenvalue weighted by molar-refractivity contribution is 7.91.